The predicted molar refractivity (Wildman–Crippen MR) is 94.9 cm³/mol. The summed E-state index contributed by atoms with van der Waals surface area (Å²) in [5.74, 6) is 1.71. The number of benzene rings is 1. The van der Waals surface area contributed by atoms with Crippen LogP contribution in [-0.4, -0.2) is 34.2 Å². The van der Waals surface area contributed by atoms with Gasteiger partial charge in [-0.15, -0.1) is 0 Å². The van der Waals surface area contributed by atoms with Crippen molar-refractivity contribution in [3.63, 3.8) is 0 Å². The molecule has 132 valence electrons. The number of amides is 1. The van der Waals surface area contributed by atoms with E-state index in [1.165, 1.54) is 0 Å². The van der Waals surface area contributed by atoms with Crippen molar-refractivity contribution in [1.82, 2.24) is 15.1 Å². The fraction of sp³-hybridized carbons (Fsp3) is 0.263. The highest BCUT2D eigenvalue weighted by atomic mass is 16.5. The Morgan fingerprint density at radius 3 is 2.69 bits per heavy atom. The Balaban J connectivity index is 1.50. The van der Waals surface area contributed by atoms with Crippen molar-refractivity contribution in [3.8, 4) is 17.1 Å². The molecule has 1 aliphatic rings. The Morgan fingerprint density at radius 2 is 1.96 bits per heavy atom. The number of carbonyl (C=O) groups is 1. The molecule has 0 bridgehead atoms. The minimum Gasteiger partial charge on any atom is -0.494 e. The van der Waals surface area contributed by atoms with Crippen molar-refractivity contribution in [1.29, 1.82) is 0 Å². The first-order valence-corrected chi connectivity index (χ1v) is 8.52. The van der Waals surface area contributed by atoms with Crippen molar-refractivity contribution in [3.05, 3.63) is 54.7 Å². The third-order valence-corrected chi connectivity index (χ3v) is 4.31. The largest absolute Gasteiger partial charge is 0.494 e. The van der Waals surface area contributed by atoms with E-state index in [2.05, 4.69) is 15.1 Å². The average molecular weight is 350 g/mol. The van der Waals surface area contributed by atoms with Gasteiger partial charge >= 0.3 is 0 Å². The lowest BCUT2D eigenvalue weighted by molar-refractivity contribution is -0.117. The van der Waals surface area contributed by atoms with Crippen molar-refractivity contribution in [2.75, 3.05) is 18.1 Å². The minimum absolute atomic E-state index is 0.0443. The highest BCUT2D eigenvalue weighted by Crippen LogP contribution is 2.32. The normalized spacial score (nSPS) is 16.9. The van der Waals surface area contributed by atoms with E-state index in [-0.39, 0.29) is 11.8 Å². The van der Waals surface area contributed by atoms with Gasteiger partial charge in [-0.3, -0.25) is 9.78 Å². The Hall–Kier alpha value is -3.22. The molecule has 1 aliphatic heterocycles. The van der Waals surface area contributed by atoms with Crippen LogP contribution in [0.2, 0.25) is 0 Å². The first kappa shape index (κ1) is 16.3. The maximum absolute atomic E-state index is 12.4. The van der Waals surface area contributed by atoms with Crippen LogP contribution in [0, 0.1) is 0 Å². The maximum atomic E-state index is 12.4. The molecule has 2 aromatic heterocycles. The lowest BCUT2D eigenvalue weighted by Gasteiger charge is -2.16. The van der Waals surface area contributed by atoms with E-state index in [0.717, 1.165) is 17.0 Å². The van der Waals surface area contributed by atoms with Gasteiger partial charge in [0.05, 0.1) is 12.5 Å². The summed E-state index contributed by atoms with van der Waals surface area (Å²) in [4.78, 5) is 22.6. The smallest absolute Gasteiger partial charge is 0.232 e. The van der Waals surface area contributed by atoms with Gasteiger partial charge in [0.1, 0.15) is 5.75 Å². The summed E-state index contributed by atoms with van der Waals surface area (Å²) in [6.45, 7) is 3.07. The van der Waals surface area contributed by atoms with Crippen LogP contribution in [0.15, 0.2) is 53.3 Å². The fourth-order valence-corrected chi connectivity index (χ4v) is 3.03. The summed E-state index contributed by atoms with van der Waals surface area (Å²) < 4.78 is 10.9. The van der Waals surface area contributed by atoms with E-state index in [9.17, 15) is 4.79 Å². The van der Waals surface area contributed by atoms with E-state index >= 15 is 0 Å². The summed E-state index contributed by atoms with van der Waals surface area (Å²) in [7, 11) is 0. The third kappa shape index (κ3) is 3.15. The topological polar surface area (TPSA) is 81.3 Å². The number of anilines is 1. The van der Waals surface area contributed by atoms with Crippen molar-refractivity contribution >= 4 is 11.6 Å². The van der Waals surface area contributed by atoms with Crippen LogP contribution < -0.4 is 9.64 Å². The number of hydrogen-bond donors (Lipinski definition) is 0. The summed E-state index contributed by atoms with van der Waals surface area (Å²) in [5, 5.41) is 4.03. The molecular weight excluding hydrogens is 332 g/mol. The number of hydrogen-bond acceptors (Lipinski definition) is 6. The van der Waals surface area contributed by atoms with Gasteiger partial charge < -0.3 is 14.2 Å². The zero-order valence-electron chi connectivity index (χ0n) is 14.3. The monoisotopic (exact) mass is 350 g/mol. The SMILES string of the molecule is CCOc1ccc(N2CC(c3nc(-c4ccncc4)no3)CC2=O)cc1. The number of aromatic nitrogens is 3. The van der Waals surface area contributed by atoms with Gasteiger partial charge in [-0.1, -0.05) is 5.16 Å². The van der Waals surface area contributed by atoms with Crippen molar-refractivity contribution < 1.29 is 14.1 Å². The van der Waals surface area contributed by atoms with E-state index in [1.807, 2.05) is 43.3 Å². The molecule has 1 amide bonds. The summed E-state index contributed by atoms with van der Waals surface area (Å²) in [5.41, 5.74) is 1.68. The summed E-state index contributed by atoms with van der Waals surface area (Å²) >= 11 is 0. The van der Waals surface area contributed by atoms with Gasteiger partial charge in [-0.25, -0.2) is 0 Å². The van der Waals surface area contributed by atoms with Crippen molar-refractivity contribution in [2.45, 2.75) is 19.3 Å². The van der Waals surface area contributed by atoms with Crippen LogP contribution in [0.25, 0.3) is 11.4 Å². The predicted octanol–water partition coefficient (Wildman–Crippen LogP) is 3.05. The second-order valence-corrected chi connectivity index (χ2v) is 6.02. The van der Waals surface area contributed by atoms with E-state index in [0.29, 0.717) is 31.3 Å². The highest BCUT2D eigenvalue weighted by Gasteiger charge is 2.35. The molecule has 1 aromatic carbocycles. The molecule has 7 nitrogen and oxygen atoms in total. The first-order valence-electron chi connectivity index (χ1n) is 8.52. The Morgan fingerprint density at radius 1 is 1.19 bits per heavy atom. The quantitative estimate of drug-likeness (QED) is 0.703. The molecule has 1 saturated heterocycles. The zero-order valence-corrected chi connectivity index (χ0v) is 14.3. The number of carbonyl (C=O) groups excluding carboxylic acids is 1. The molecule has 3 heterocycles. The Kier molecular flexibility index (Phi) is 4.35. The lowest BCUT2D eigenvalue weighted by Crippen LogP contribution is -2.24. The molecule has 1 atom stereocenters. The Bertz CT molecular complexity index is 893. The molecule has 0 radical (unpaired) electrons. The molecule has 0 saturated carbocycles. The Labute approximate surface area is 150 Å². The number of nitrogens with zero attached hydrogens (tertiary/aromatic N) is 4. The molecule has 0 spiro atoms. The number of pyridine rings is 1. The number of ether oxygens (including phenoxy) is 1. The van der Waals surface area contributed by atoms with Gasteiger partial charge in [-0.2, -0.15) is 4.98 Å². The van der Waals surface area contributed by atoms with E-state index < -0.39 is 0 Å². The van der Waals surface area contributed by atoms with Gasteiger partial charge in [0.25, 0.3) is 0 Å². The van der Waals surface area contributed by atoms with Gasteiger partial charge in [0.2, 0.25) is 17.6 Å². The van der Waals surface area contributed by atoms with Crippen LogP contribution in [0.1, 0.15) is 25.2 Å². The highest BCUT2D eigenvalue weighted by molar-refractivity contribution is 5.96. The van der Waals surface area contributed by atoms with Crippen molar-refractivity contribution in [2.24, 2.45) is 0 Å². The third-order valence-electron chi connectivity index (χ3n) is 4.31. The van der Waals surface area contributed by atoms with Crippen LogP contribution in [0.5, 0.6) is 5.75 Å². The molecule has 0 N–H and O–H groups in total. The number of rotatable bonds is 5. The standard InChI is InChI=1S/C19H18N4O3/c1-2-25-16-5-3-15(4-6-16)23-12-14(11-17(23)24)19-21-18(22-26-19)13-7-9-20-10-8-13/h3-10,14H,2,11-12H2,1H3. The molecule has 3 aromatic rings. The first-order chi connectivity index (χ1) is 12.7. The molecule has 1 unspecified atom stereocenters. The van der Waals surface area contributed by atoms with Crippen LogP contribution in [0.3, 0.4) is 0 Å². The summed E-state index contributed by atoms with van der Waals surface area (Å²) in [6, 6.07) is 11.2. The molecule has 7 heteroatoms. The molecular formula is C19H18N4O3. The second kappa shape index (κ2) is 6.95. The van der Waals surface area contributed by atoms with Crippen LogP contribution in [-0.2, 0) is 4.79 Å². The maximum Gasteiger partial charge on any atom is 0.232 e. The molecule has 1 fully saturated rings. The van der Waals surface area contributed by atoms with Gasteiger partial charge in [-0.05, 0) is 43.3 Å². The van der Waals surface area contributed by atoms with E-state index in [4.69, 9.17) is 9.26 Å². The molecule has 0 aliphatic carbocycles. The van der Waals surface area contributed by atoms with Crippen LogP contribution in [0.4, 0.5) is 5.69 Å². The lowest BCUT2D eigenvalue weighted by atomic mass is 10.1. The fourth-order valence-electron chi connectivity index (χ4n) is 3.03. The second-order valence-electron chi connectivity index (χ2n) is 6.02. The molecule has 26 heavy (non-hydrogen) atoms. The van der Waals surface area contributed by atoms with Gasteiger partial charge in [0, 0.05) is 36.6 Å². The average Bonchev–Trinajstić information content (AvgIpc) is 3.30. The van der Waals surface area contributed by atoms with E-state index in [1.54, 1.807) is 17.3 Å². The van der Waals surface area contributed by atoms with Gasteiger partial charge in [0.15, 0.2) is 0 Å². The zero-order chi connectivity index (χ0) is 17.9. The summed E-state index contributed by atoms with van der Waals surface area (Å²) in [6.07, 6.45) is 3.71. The minimum atomic E-state index is -0.114. The molecule has 4 rings (SSSR count). The van der Waals surface area contributed by atoms with Crippen LogP contribution >= 0.6 is 0 Å².